The Labute approximate surface area is 249 Å². The minimum Gasteiger partial charge on any atom is -0.444 e. The van der Waals surface area contributed by atoms with E-state index in [4.69, 9.17) is 21.3 Å². The fourth-order valence-corrected chi connectivity index (χ4v) is 5.50. The molecule has 1 amide bonds. The highest BCUT2D eigenvalue weighted by molar-refractivity contribution is 6.33. The number of pyridine rings is 1. The van der Waals surface area contributed by atoms with E-state index in [9.17, 15) is 4.79 Å². The van der Waals surface area contributed by atoms with Gasteiger partial charge in [-0.15, -0.1) is 0 Å². The van der Waals surface area contributed by atoms with Crippen molar-refractivity contribution in [3.8, 4) is 11.3 Å². The van der Waals surface area contributed by atoms with Crippen LogP contribution in [0.15, 0.2) is 85.3 Å². The van der Waals surface area contributed by atoms with Gasteiger partial charge in [0.2, 0.25) is 5.95 Å². The third-order valence-corrected chi connectivity index (χ3v) is 7.73. The largest absolute Gasteiger partial charge is 0.444 e. The number of benzene rings is 2. The average molecular weight is 582 g/mol. The molecule has 0 aliphatic heterocycles. The van der Waals surface area contributed by atoms with Gasteiger partial charge >= 0.3 is 6.09 Å². The molecule has 42 heavy (non-hydrogen) atoms. The summed E-state index contributed by atoms with van der Waals surface area (Å²) < 4.78 is 5.28. The number of carbonyl (C=O) groups excluding carboxylic acids is 1. The third kappa shape index (κ3) is 6.87. The van der Waals surface area contributed by atoms with E-state index >= 15 is 0 Å². The number of nitrogens with one attached hydrogen (secondary N) is 4. The van der Waals surface area contributed by atoms with Gasteiger partial charge in [-0.1, -0.05) is 60.1 Å². The van der Waals surface area contributed by atoms with Crippen LogP contribution in [-0.4, -0.2) is 38.1 Å². The van der Waals surface area contributed by atoms with Crippen molar-refractivity contribution in [3.63, 3.8) is 0 Å². The highest BCUT2D eigenvalue weighted by atomic mass is 35.5. The highest BCUT2D eigenvalue weighted by Crippen LogP contribution is 2.32. The number of fused-ring (bicyclic) bond motifs is 1. The lowest BCUT2D eigenvalue weighted by molar-refractivity contribution is 0.155. The predicted molar refractivity (Wildman–Crippen MR) is 165 cm³/mol. The lowest BCUT2D eigenvalue weighted by Gasteiger charge is -2.30. The Kier molecular flexibility index (Phi) is 8.58. The van der Waals surface area contributed by atoms with E-state index in [0.29, 0.717) is 34.9 Å². The SMILES string of the molecule is O=C(Nc1ccc(CN[C@H]2CCC[C@@H](Nc3ncc(Cl)c(-c4c[nH]c5ccccc45)n3)C2)nc1)OCc1ccccc1. The molecule has 1 saturated carbocycles. The van der Waals surface area contributed by atoms with Crippen molar-refractivity contribution < 1.29 is 9.53 Å². The predicted octanol–water partition coefficient (Wildman–Crippen LogP) is 6.93. The second kappa shape index (κ2) is 13.0. The molecule has 1 aliphatic rings. The van der Waals surface area contributed by atoms with E-state index in [1.54, 1.807) is 12.4 Å². The summed E-state index contributed by atoms with van der Waals surface area (Å²) in [7, 11) is 0. The Morgan fingerprint density at radius 3 is 2.67 bits per heavy atom. The number of nitrogens with zero attached hydrogens (tertiary/aromatic N) is 3. The first-order valence-electron chi connectivity index (χ1n) is 14.1. The van der Waals surface area contributed by atoms with E-state index in [1.807, 2.05) is 66.9 Å². The van der Waals surface area contributed by atoms with Crippen molar-refractivity contribution in [3.05, 3.63) is 102 Å². The summed E-state index contributed by atoms with van der Waals surface area (Å²) in [6, 6.07) is 22.0. The zero-order valence-corrected chi connectivity index (χ0v) is 23.8. The topological polar surface area (TPSA) is 117 Å². The Morgan fingerprint density at radius 2 is 1.81 bits per heavy atom. The second-order valence-electron chi connectivity index (χ2n) is 10.4. The van der Waals surface area contributed by atoms with Crippen LogP contribution in [0.25, 0.3) is 22.2 Å². The van der Waals surface area contributed by atoms with Gasteiger partial charge in [0, 0.05) is 41.3 Å². The van der Waals surface area contributed by atoms with Crippen LogP contribution in [0.5, 0.6) is 0 Å². The maximum atomic E-state index is 12.1. The van der Waals surface area contributed by atoms with Crippen LogP contribution in [0.2, 0.25) is 5.02 Å². The van der Waals surface area contributed by atoms with Gasteiger partial charge in [-0.25, -0.2) is 14.8 Å². The van der Waals surface area contributed by atoms with E-state index in [1.165, 1.54) is 0 Å². The summed E-state index contributed by atoms with van der Waals surface area (Å²) in [6.07, 6.45) is 8.93. The Morgan fingerprint density at radius 1 is 0.976 bits per heavy atom. The van der Waals surface area contributed by atoms with Crippen LogP contribution in [0, 0.1) is 0 Å². The third-order valence-electron chi connectivity index (χ3n) is 7.45. The van der Waals surface area contributed by atoms with Crippen molar-refractivity contribution in [2.75, 3.05) is 10.6 Å². The maximum absolute atomic E-state index is 12.1. The number of para-hydroxylation sites is 1. The molecule has 5 aromatic rings. The summed E-state index contributed by atoms with van der Waals surface area (Å²) in [5, 5.41) is 11.5. The van der Waals surface area contributed by atoms with Crippen LogP contribution in [0.1, 0.15) is 36.9 Å². The van der Waals surface area contributed by atoms with Crippen LogP contribution in [0.4, 0.5) is 16.4 Å². The molecule has 6 rings (SSSR count). The maximum Gasteiger partial charge on any atom is 0.412 e. The van der Waals surface area contributed by atoms with Gasteiger partial charge < -0.3 is 20.4 Å². The molecule has 2 atom stereocenters. The minimum absolute atomic E-state index is 0.217. The Bertz CT molecular complexity index is 1640. The summed E-state index contributed by atoms with van der Waals surface area (Å²) in [4.78, 5) is 29.2. The zero-order valence-electron chi connectivity index (χ0n) is 23.0. The molecule has 1 fully saturated rings. The molecule has 3 aromatic heterocycles. The van der Waals surface area contributed by atoms with Crippen molar-refractivity contribution >= 4 is 40.2 Å². The van der Waals surface area contributed by atoms with Gasteiger partial charge in [0.1, 0.15) is 6.61 Å². The van der Waals surface area contributed by atoms with E-state index in [2.05, 4.69) is 37.0 Å². The number of aromatic nitrogens is 4. The van der Waals surface area contributed by atoms with Gasteiger partial charge in [-0.3, -0.25) is 10.3 Å². The molecule has 0 saturated heterocycles. The molecule has 4 N–H and O–H groups in total. The Balaban J connectivity index is 0.997. The number of aromatic amines is 1. The van der Waals surface area contributed by atoms with Gasteiger partial charge in [-0.05, 0) is 49.4 Å². The number of hydrogen-bond acceptors (Lipinski definition) is 7. The van der Waals surface area contributed by atoms with Crippen molar-refractivity contribution in [1.29, 1.82) is 0 Å². The van der Waals surface area contributed by atoms with E-state index < -0.39 is 6.09 Å². The van der Waals surface area contributed by atoms with Crippen molar-refractivity contribution in [2.24, 2.45) is 0 Å². The number of ether oxygens (including phenoxy) is 1. The number of halogens is 1. The molecule has 10 heteroatoms. The quantitative estimate of drug-likeness (QED) is 0.149. The highest BCUT2D eigenvalue weighted by Gasteiger charge is 2.23. The standard InChI is InChI=1S/C32H32ClN7O2/c33-28-19-37-31(40-30(28)27-18-36-29-12-5-4-11-26(27)29)38-23-10-6-9-22(15-23)34-16-24-13-14-25(17-35-24)39-32(41)42-20-21-7-2-1-3-8-21/h1-5,7-8,11-14,17-19,22-23,34,36H,6,9-10,15-16,20H2,(H,39,41)(H,37,38,40)/t22-,23+/m0/s1. The van der Waals surface area contributed by atoms with Crippen molar-refractivity contribution in [2.45, 2.75) is 50.9 Å². The second-order valence-corrected chi connectivity index (χ2v) is 10.9. The normalized spacial score (nSPS) is 16.7. The van der Waals surface area contributed by atoms with Crippen LogP contribution >= 0.6 is 11.6 Å². The molecule has 1 aliphatic carbocycles. The molecule has 2 aromatic carbocycles. The average Bonchev–Trinajstić information content (AvgIpc) is 3.45. The number of H-pyrrole nitrogens is 1. The summed E-state index contributed by atoms with van der Waals surface area (Å²) >= 11 is 6.52. The van der Waals surface area contributed by atoms with Gasteiger partial charge in [0.25, 0.3) is 0 Å². The van der Waals surface area contributed by atoms with Crippen molar-refractivity contribution in [1.82, 2.24) is 25.3 Å². The molecule has 0 bridgehead atoms. The number of hydrogen-bond donors (Lipinski definition) is 4. The molecule has 9 nitrogen and oxygen atoms in total. The Hall–Kier alpha value is -4.47. The first-order valence-corrected chi connectivity index (χ1v) is 14.5. The fourth-order valence-electron chi connectivity index (χ4n) is 5.31. The first kappa shape index (κ1) is 27.7. The minimum atomic E-state index is -0.509. The van der Waals surface area contributed by atoms with Gasteiger partial charge in [-0.2, -0.15) is 0 Å². The molecule has 3 heterocycles. The monoisotopic (exact) mass is 581 g/mol. The van der Waals surface area contributed by atoms with Crippen LogP contribution in [-0.2, 0) is 17.9 Å². The van der Waals surface area contributed by atoms with Gasteiger partial charge in [0.05, 0.1) is 34.5 Å². The van der Waals surface area contributed by atoms with E-state index in [-0.39, 0.29) is 12.6 Å². The van der Waals surface area contributed by atoms with Crippen LogP contribution < -0.4 is 16.0 Å². The lowest BCUT2D eigenvalue weighted by atomic mass is 9.91. The summed E-state index contributed by atoms with van der Waals surface area (Å²) in [5.41, 5.74) is 5.14. The lowest BCUT2D eigenvalue weighted by Crippen LogP contribution is -2.39. The molecular formula is C32H32ClN7O2. The molecular weight excluding hydrogens is 550 g/mol. The summed E-state index contributed by atoms with van der Waals surface area (Å²) in [6.45, 7) is 0.854. The van der Waals surface area contributed by atoms with Gasteiger partial charge in [0.15, 0.2) is 0 Å². The number of rotatable bonds is 9. The number of carbonyl (C=O) groups is 1. The number of amides is 1. The number of anilines is 2. The smallest absolute Gasteiger partial charge is 0.412 e. The summed E-state index contributed by atoms with van der Waals surface area (Å²) in [5.74, 6) is 0.581. The molecule has 214 valence electrons. The molecule has 0 radical (unpaired) electrons. The molecule has 0 spiro atoms. The van der Waals surface area contributed by atoms with E-state index in [0.717, 1.165) is 53.4 Å². The molecule has 0 unspecified atom stereocenters. The fraction of sp³-hybridized carbons (Fsp3) is 0.250. The first-order chi connectivity index (χ1) is 20.6. The van der Waals surface area contributed by atoms with Crippen LogP contribution in [0.3, 0.4) is 0 Å². The zero-order chi connectivity index (χ0) is 28.7.